The third-order valence-electron chi connectivity index (χ3n) is 5.66. The van der Waals surface area contributed by atoms with Crippen molar-refractivity contribution >= 4 is 21.8 Å². The van der Waals surface area contributed by atoms with Gasteiger partial charge in [-0.25, -0.2) is 8.42 Å². The van der Waals surface area contributed by atoms with Crippen molar-refractivity contribution in [3.8, 4) is 5.75 Å². The monoisotopic (exact) mass is 429 g/mol. The van der Waals surface area contributed by atoms with E-state index in [9.17, 15) is 18.0 Å². The number of aromatic nitrogens is 1. The van der Waals surface area contributed by atoms with Crippen molar-refractivity contribution in [1.82, 2.24) is 14.2 Å². The van der Waals surface area contributed by atoms with Crippen LogP contribution in [-0.2, 0) is 16.6 Å². The van der Waals surface area contributed by atoms with Gasteiger partial charge in [0.2, 0.25) is 10.0 Å². The first-order valence-electron chi connectivity index (χ1n) is 9.81. The van der Waals surface area contributed by atoms with Gasteiger partial charge in [0.25, 0.3) is 11.8 Å². The number of imide groups is 1. The van der Waals surface area contributed by atoms with Crippen molar-refractivity contribution < 1.29 is 22.7 Å². The number of hydrogen-bond acceptors (Lipinski definition) is 6. The van der Waals surface area contributed by atoms with Gasteiger partial charge in [-0.2, -0.15) is 4.31 Å². The number of carbonyl (C=O) groups is 2. The van der Waals surface area contributed by atoms with Crippen LogP contribution in [-0.4, -0.2) is 54.6 Å². The van der Waals surface area contributed by atoms with Crippen LogP contribution in [0, 0.1) is 5.92 Å². The molecule has 4 rings (SSSR count). The number of carbonyl (C=O) groups excluding carboxylic acids is 2. The van der Waals surface area contributed by atoms with Crippen LogP contribution >= 0.6 is 0 Å². The summed E-state index contributed by atoms with van der Waals surface area (Å²) < 4.78 is 33.3. The highest BCUT2D eigenvalue weighted by molar-refractivity contribution is 7.89. The van der Waals surface area contributed by atoms with Crippen molar-refractivity contribution in [2.45, 2.75) is 31.2 Å². The molecule has 2 aromatic rings. The molecule has 30 heavy (non-hydrogen) atoms. The maximum Gasteiger partial charge on any atom is 0.280 e. The van der Waals surface area contributed by atoms with E-state index in [1.54, 1.807) is 24.3 Å². The minimum atomic E-state index is -3.76. The predicted octanol–water partition coefficient (Wildman–Crippen LogP) is 2.31. The lowest BCUT2D eigenvalue weighted by Gasteiger charge is -2.30. The van der Waals surface area contributed by atoms with E-state index >= 15 is 0 Å². The zero-order valence-electron chi connectivity index (χ0n) is 16.9. The zero-order valence-corrected chi connectivity index (χ0v) is 17.7. The number of sulfonamides is 1. The lowest BCUT2D eigenvalue weighted by atomic mass is 10.0. The number of ether oxygens (including phenoxy) is 1. The fourth-order valence-electron chi connectivity index (χ4n) is 3.83. The lowest BCUT2D eigenvalue weighted by molar-refractivity contribution is 0.0640. The summed E-state index contributed by atoms with van der Waals surface area (Å²) in [6.45, 7) is 2.99. The molecule has 1 saturated heterocycles. The fourth-order valence-corrected chi connectivity index (χ4v) is 5.50. The molecule has 158 valence electrons. The van der Waals surface area contributed by atoms with Gasteiger partial charge >= 0.3 is 0 Å². The van der Waals surface area contributed by atoms with E-state index in [1.807, 2.05) is 0 Å². The molecule has 0 atom stereocenters. The number of piperidine rings is 1. The maximum absolute atomic E-state index is 13.3. The van der Waals surface area contributed by atoms with Gasteiger partial charge in [0.15, 0.2) is 0 Å². The Balaban J connectivity index is 1.64. The average molecular weight is 429 g/mol. The number of benzene rings is 1. The molecule has 2 aliphatic heterocycles. The summed E-state index contributed by atoms with van der Waals surface area (Å²) in [5, 5.41) is 0. The Bertz CT molecular complexity index is 1070. The van der Waals surface area contributed by atoms with E-state index in [2.05, 4.69) is 11.9 Å². The molecule has 0 aliphatic carbocycles. The number of rotatable bonds is 5. The molecular weight excluding hydrogens is 406 g/mol. The Labute approximate surface area is 175 Å². The number of hydrogen-bond donors (Lipinski definition) is 0. The quantitative estimate of drug-likeness (QED) is 0.677. The van der Waals surface area contributed by atoms with Crippen LogP contribution in [0.2, 0.25) is 0 Å². The molecule has 0 spiro atoms. The summed E-state index contributed by atoms with van der Waals surface area (Å²) in [5.41, 5.74) is 0.895. The first kappa shape index (κ1) is 20.5. The first-order chi connectivity index (χ1) is 14.3. The van der Waals surface area contributed by atoms with E-state index in [-0.39, 0.29) is 28.4 Å². The molecule has 8 nitrogen and oxygen atoms in total. The minimum Gasteiger partial charge on any atom is -0.495 e. The number of fused-ring (bicyclic) bond motifs is 1. The zero-order chi connectivity index (χ0) is 21.5. The molecule has 0 bridgehead atoms. The third-order valence-corrected chi connectivity index (χ3v) is 7.58. The molecule has 2 aliphatic rings. The van der Waals surface area contributed by atoms with Gasteiger partial charge in [0.05, 0.1) is 19.2 Å². The maximum atomic E-state index is 13.3. The standard InChI is InChI=1S/C21H23N3O5S/c1-14-7-10-23(11-8-14)30(27,28)18-12-15(5-6-17(18)29-2)13-24-20(25)16-4-3-9-22-19(16)21(24)26/h3-6,9,12,14H,7-8,10-11,13H2,1-2H3. The van der Waals surface area contributed by atoms with E-state index < -0.39 is 21.8 Å². The Morgan fingerprint density at radius 3 is 2.53 bits per heavy atom. The highest BCUT2D eigenvalue weighted by Gasteiger charge is 2.37. The minimum absolute atomic E-state index is 0.0441. The number of nitrogens with zero attached hydrogens (tertiary/aromatic N) is 3. The molecule has 0 N–H and O–H groups in total. The van der Waals surface area contributed by atoms with Gasteiger partial charge in [-0.1, -0.05) is 13.0 Å². The molecule has 0 unspecified atom stereocenters. The van der Waals surface area contributed by atoms with Gasteiger partial charge in [0, 0.05) is 19.3 Å². The molecule has 2 amide bonds. The Kier molecular flexibility index (Phi) is 5.33. The summed E-state index contributed by atoms with van der Waals surface area (Å²) in [7, 11) is -2.34. The van der Waals surface area contributed by atoms with Gasteiger partial charge in [-0.05, 0) is 48.6 Å². The highest BCUT2D eigenvalue weighted by Crippen LogP contribution is 2.31. The number of pyridine rings is 1. The van der Waals surface area contributed by atoms with Crippen LogP contribution in [0.3, 0.4) is 0 Å². The Hall–Kier alpha value is -2.78. The fraction of sp³-hybridized carbons (Fsp3) is 0.381. The van der Waals surface area contributed by atoms with Crippen LogP contribution in [0.25, 0.3) is 0 Å². The second-order valence-corrected chi connectivity index (χ2v) is 9.57. The summed E-state index contributed by atoms with van der Waals surface area (Å²) >= 11 is 0. The SMILES string of the molecule is COc1ccc(CN2C(=O)c3cccnc3C2=O)cc1S(=O)(=O)N1CCC(C)CC1. The molecule has 1 aromatic heterocycles. The van der Waals surface area contributed by atoms with Crippen LogP contribution in [0.15, 0.2) is 41.4 Å². The first-order valence-corrected chi connectivity index (χ1v) is 11.2. The van der Waals surface area contributed by atoms with Crippen molar-refractivity contribution in [3.05, 3.63) is 53.3 Å². The van der Waals surface area contributed by atoms with E-state index in [1.165, 1.54) is 23.7 Å². The number of amides is 2. The second kappa shape index (κ2) is 7.81. The van der Waals surface area contributed by atoms with Crippen molar-refractivity contribution in [2.75, 3.05) is 20.2 Å². The molecule has 0 radical (unpaired) electrons. The van der Waals surface area contributed by atoms with Gasteiger partial charge in [0.1, 0.15) is 16.3 Å². The van der Waals surface area contributed by atoms with Crippen molar-refractivity contribution in [3.63, 3.8) is 0 Å². The molecule has 0 saturated carbocycles. The van der Waals surface area contributed by atoms with E-state index in [0.29, 0.717) is 24.6 Å². The topological polar surface area (TPSA) is 96.9 Å². The molecular formula is C21H23N3O5S. The smallest absolute Gasteiger partial charge is 0.280 e. The van der Waals surface area contributed by atoms with Crippen LogP contribution in [0.1, 0.15) is 46.2 Å². The van der Waals surface area contributed by atoms with Crippen molar-refractivity contribution in [2.24, 2.45) is 5.92 Å². The van der Waals surface area contributed by atoms with Crippen LogP contribution in [0.4, 0.5) is 0 Å². The molecule has 1 aromatic carbocycles. The lowest BCUT2D eigenvalue weighted by Crippen LogP contribution is -2.38. The van der Waals surface area contributed by atoms with E-state index in [0.717, 1.165) is 17.7 Å². The van der Waals surface area contributed by atoms with E-state index in [4.69, 9.17) is 4.74 Å². The van der Waals surface area contributed by atoms with Crippen molar-refractivity contribution in [1.29, 1.82) is 0 Å². The highest BCUT2D eigenvalue weighted by atomic mass is 32.2. The predicted molar refractivity (Wildman–Crippen MR) is 109 cm³/mol. The second-order valence-electron chi connectivity index (χ2n) is 7.67. The molecule has 1 fully saturated rings. The largest absolute Gasteiger partial charge is 0.495 e. The third kappa shape index (κ3) is 3.48. The van der Waals surface area contributed by atoms with Gasteiger partial charge in [-0.15, -0.1) is 0 Å². The average Bonchev–Trinajstić information content (AvgIpc) is 2.99. The summed E-state index contributed by atoms with van der Waals surface area (Å²) in [5.74, 6) is -0.192. The van der Waals surface area contributed by atoms with Crippen LogP contribution < -0.4 is 4.74 Å². The van der Waals surface area contributed by atoms with Gasteiger partial charge < -0.3 is 4.74 Å². The summed E-state index contributed by atoms with van der Waals surface area (Å²) in [4.78, 5) is 30.3. The number of methoxy groups -OCH3 is 1. The summed E-state index contributed by atoms with van der Waals surface area (Å²) in [6.07, 6.45) is 3.08. The molecule has 9 heteroatoms. The van der Waals surface area contributed by atoms with Crippen LogP contribution in [0.5, 0.6) is 5.75 Å². The van der Waals surface area contributed by atoms with Gasteiger partial charge in [-0.3, -0.25) is 19.5 Å². The molecule has 3 heterocycles. The Morgan fingerprint density at radius 1 is 1.13 bits per heavy atom. The summed E-state index contributed by atoms with van der Waals surface area (Å²) in [6, 6.07) is 7.87. The Morgan fingerprint density at radius 2 is 1.87 bits per heavy atom. The normalized spacial score (nSPS) is 18.0.